The summed E-state index contributed by atoms with van der Waals surface area (Å²) in [5.41, 5.74) is 1.04. The fourth-order valence-corrected chi connectivity index (χ4v) is 4.01. The van der Waals surface area contributed by atoms with Crippen molar-refractivity contribution in [2.75, 3.05) is 6.61 Å². The molecule has 1 aromatic carbocycles. The van der Waals surface area contributed by atoms with Gasteiger partial charge in [-0.05, 0) is 43.4 Å². The van der Waals surface area contributed by atoms with Crippen molar-refractivity contribution >= 4 is 17.6 Å². The summed E-state index contributed by atoms with van der Waals surface area (Å²) in [6.45, 7) is 0.648. The molecular formula is C17H21ClN2O3. The second-order valence-electron chi connectivity index (χ2n) is 6.57. The van der Waals surface area contributed by atoms with Crippen LogP contribution in [0.4, 0.5) is 4.79 Å². The minimum absolute atomic E-state index is 0.0179. The van der Waals surface area contributed by atoms with Crippen LogP contribution in [0.3, 0.4) is 0 Å². The molecule has 0 saturated carbocycles. The van der Waals surface area contributed by atoms with Crippen LogP contribution in [0.1, 0.15) is 37.4 Å². The number of hydrogen-bond donors (Lipinski definition) is 2. The number of nitrogens with one attached hydrogen (secondary N) is 2. The van der Waals surface area contributed by atoms with Crippen molar-refractivity contribution < 1.29 is 14.3 Å². The molecule has 3 aliphatic heterocycles. The summed E-state index contributed by atoms with van der Waals surface area (Å²) in [7, 11) is 0. The third-order valence-electron chi connectivity index (χ3n) is 5.03. The van der Waals surface area contributed by atoms with Gasteiger partial charge in [0, 0.05) is 11.6 Å². The van der Waals surface area contributed by atoms with Gasteiger partial charge in [0.2, 0.25) is 0 Å². The van der Waals surface area contributed by atoms with Crippen LogP contribution in [0.25, 0.3) is 0 Å². The van der Waals surface area contributed by atoms with Crippen LogP contribution in [0.15, 0.2) is 24.3 Å². The van der Waals surface area contributed by atoms with E-state index in [9.17, 15) is 4.79 Å². The normalized spacial score (nSPS) is 35.4. The second kappa shape index (κ2) is 6.30. The number of urea groups is 1. The highest BCUT2D eigenvalue weighted by atomic mass is 35.5. The maximum atomic E-state index is 12.3. The second-order valence-corrected chi connectivity index (χ2v) is 7.01. The number of hydrogen-bond acceptors (Lipinski definition) is 3. The molecule has 6 heteroatoms. The lowest BCUT2D eigenvalue weighted by Crippen LogP contribution is -2.49. The van der Waals surface area contributed by atoms with E-state index in [2.05, 4.69) is 10.6 Å². The lowest BCUT2D eigenvalue weighted by Gasteiger charge is -2.24. The Morgan fingerprint density at radius 2 is 1.87 bits per heavy atom. The molecule has 4 rings (SSSR count). The smallest absolute Gasteiger partial charge is 0.315 e. The number of benzene rings is 1. The molecule has 0 spiro atoms. The van der Waals surface area contributed by atoms with Gasteiger partial charge in [-0.25, -0.2) is 4.79 Å². The molecule has 3 heterocycles. The van der Waals surface area contributed by atoms with Crippen LogP contribution in [0.2, 0.25) is 5.02 Å². The number of carbonyl (C=O) groups excluding carboxylic acids is 1. The first-order chi connectivity index (χ1) is 11.2. The summed E-state index contributed by atoms with van der Waals surface area (Å²) in [6.07, 6.45) is 4.33. The molecule has 23 heavy (non-hydrogen) atoms. The lowest BCUT2D eigenvalue weighted by molar-refractivity contribution is 0.0957. The van der Waals surface area contributed by atoms with Gasteiger partial charge in [-0.15, -0.1) is 0 Å². The Morgan fingerprint density at radius 3 is 2.57 bits per heavy atom. The Kier molecular flexibility index (Phi) is 4.18. The van der Waals surface area contributed by atoms with Gasteiger partial charge >= 0.3 is 6.03 Å². The highest BCUT2D eigenvalue weighted by molar-refractivity contribution is 6.30. The van der Waals surface area contributed by atoms with Gasteiger partial charge in [-0.3, -0.25) is 0 Å². The van der Waals surface area contributed by atoms with Crippen LogP contribution in [-0.4, -0.2) is 36.9 Å². The standard InChI is InChI=1S/C17H21ClN2O3/c18-11-3-1-10(2-4-11)16-13(7-8-22-16)19-17(21)20-14-9-12-5-6-15(14)23-12/h1-4,12-16H,5-9H2,(H2,19,20,21). The molecule has 2 amide bonds. The lowest BCUT2D eigenvalue weighted by atomic mass is 9.96. The SMILES string of the molecule is O=C(NC1CC2CCC1O2)NC1CCOC1c1ccc(Cl)cc1. The molecule has 1 aromatic rings. The van der Waals surface area contributed by atoms with E-state index in [0.717, 1.165) is 31.2 Å². The first-order valence-electron chi connectivity index (χ1n) is 8.28. The number of carbonyl (C=O) groups is 1. The van der Waals surface area contributed by atoms with Gasteiger partial charge in [-0.2, -0.15) is 0 Å². The topological polar surface area (TPSA) is 59.6 Å². The van der Waals surface area contributed by atoms with Gasteiger partial charge in [-0.1, -0.05) is 23.7 Å². The van der Waals surface area contributed by atoms with Crippen molar-refractivity contribution in [2.45, 2.75) is 56.1 Å². The predicted octanol–water partition coefficient (Wildman–Crippen LogP) is 2.79. The monoisotopic (exact) mass is 336 g/mol. The van der Waals surface area contributed by atoms with E-state index in [1.807, 2.05) is 24.3 Å². The molecule has 3 aliphatic rings. The number of fused-ring (bicyclic) bond motifs is 2. The van der Waals surface area contributed by atoms with Gasteiger partial charge in [0.1, 0.15) is 6.10 Å². The van der Waals surface area contributed by atoms with Crippen molar-refractivity contribution in [1.82, 2.24) is 10.6 Å². The van der Waals surface area contributed by atoms with Crippen LogP contribution < -0.4 is 10.6 Å². The molecule has 2 N–H and O–H groups in total. The van der Waals surface area contributed by atoms with Crippen LogP contribution in [-0.2, 0) is 9.47 Å². The fourth-order valence-electron chi connectivity index (χ4n) is 3.89. The molecule has 0 aromatic heterocycles. The fraction of sp³-hybridized carbons (Fsp3) is 0.588. The van der Waals surface area contributed by atoms with E-state index < -0.39 is 0 Å². The van der Waals surface area contributed by atoms with Gasteiger partial charge in [0.25, 0.3) is 0 Å². The van der Waals surface area contributed by atoms with Crippen molar-refractivity contribution in [3.8, 4) is 0 Å². The van der Waals surface area contributed by atoms with E-state index in [1.54, 1.807) is 0 Å². The zero-order valence-corrected chi connectivity index (χ0v) is 13.6. The van der Waals surface area contributed by atoms with E-state index in [-0.39, 0.29) is 30.3 Å². The summed E-state index contributed by atoms with van der Waals surface area (Å²) >= 11 is 5.93. The van der Waals surface area contributed by atoms with Crippen molar-refractivity contribution in [3.05, 3.63) is 34.9 Å². The Balaban J connectivity index is 1.35. The first-order valence-corrected chi connectivity index (χ1v) is 8.66. The van der Waals surface area contributed by atoms with Crippen LogP contribution >= 0.6 is 11.6 Å². The number of amides is 2. The molecule has 3 saturated heterocycles. The van der Waals surface area contributed by atoms with E-state index >= 15 is 0 Å². The predicted molar refractivity (Wildman–Crippen MR) is 86.5 cm³/mol. The number of ether oxygens (including phenoxy) is 2. The van der Waals surface area contributed by atoms with Crippen molar-refractivity contribution in [1.29, 1.82) is 0 Å². The summed E-state index contributed by atoms with van der Waals surface area (Å²) in [6, 6.07) is 7.61. The summed E-state index contributed by atoms with van der Waals surface area (Å²) in [4.78, 5) is 12.3. The highest BCUT2D eigenvalue weighted by Crippen LogP contribution is 2.34. The molecule has 2 bridgehead atoms. The molecule has 124 valence electrons. The zero-order chi connectivity index (χ0) is 15.8. The van der Waals surface area contributed by atoms with Crippen molar-refractivity contribution in [3.63, 3.8) is 0 Å². The quantitative estimate of drug-likeness (QED) is 0.892. The third kappa shape index (κ3) is 3.18. The summed E-state index contributed by atoms with van der Waals surface area (Å²) in [5, 5.41) is 6.83. The zero-order valence-electron chi connectivity index (χ0n) is 12.8. The molecule has 5 atom stereocenters. The molecule has 5 nitrogen and oxygen atoms in total. The Morgan fingerprint density at radius 1 is 1.09 bits per heavy atom. The van der Waals surface area contributed by atoms with Crippen molar-refractivity contribution in [2.24, 2.45) is 0 Å². The first kappa shape index (κ1) is 15.2. The van der Waals surface area contributed by atoms with E-state index in [4.69, 9.17) is 21.1 Å². The van der Waals surface area contributed by atoms with E-state index in [0.29, 0.717) is 17.7 Å². The van der Waals surface area contributed by atoms with Gasteiger partial charge in [0.05, 0.1) is 24.3 Å². The molecule has 5 unspecified atom stereocenters. The van der Waals surface area contributed by atoms with Gasteiger partial charge < -0.3 is 20.1 Å². The minimum Gasteiger partial charge on any atom is -0.373 e. The molecule has 0 radical (unpaired) electrons. The summed E-state index contributed by atoms with van der Waals surface area (Å²) < 4.78 is 11.6. The van der Waals surface area contributed by atoms with Crippen LogP contribution in [0.5, 0.6) is 0 Å². The number of rotatable bonds is 3. The van der Waals surface area contributed by atoms with Crippen LogP contribution in [0, 0.1) is 0 Å². The molecular weight excluding hydrogens is 316 g/mol. The highest BCUT2D eigenvalue weighted by Gasteiger charge is 2.42. The average Bonchev–Trinajstić information content (AvgIpc) is 3.25. The molecule has 3 fully saturated rings. The Labute approximate surface area is 140 Å². The maximum Gasteiger partial charge on any atom is 0.315 e. The van der Waals surface area contributed by atoms with Gasteiger partial charge in [0.15, 0.2) is 0 Å². The maximum absolute atomic E-state index is 12.3. The Hall–Kier alpha value is -1.30. The number of halogens is 1. The molecule has 0 aliphatic carbocycles. The summed E-state index contributed by atoms with van der Waals surface area (Å²) in [5.74, 6) is 0. The Bertz CT molecular complexity index is 580. The van der Waals surface area contributed by atoms with E-state index in [1.165, 1.54) is 0 Å². The minimum atomic E-state index is -0.124. The average molecular weight is 337 g/mol. The largest absolute Gasteiger partial charge is 0.373 e. The third-order valence-corrected chi connectivity index (χ3v) is 5.28.